The highest BCUT2D eigenvalue weighted by molar-refractivity contribution is 5.77. The molecule has 1 heterocycles. The van der Waals surface area contributed by atoms with E-state index in [4.69, 9.17) is 0 Å². The molecule has 7 unspecified atom stereocenters. The minimum absolute atomic E-state index is 0.0182. The van der Waals surface area contributed by atoms with Crippen LogP contribution in [-0.4, -0.2) is 33.9 Å². The smallest absolute Gasteiger partial charge is 0.220 e. The van der Waals surface area contributed by atoms with E-state index in [1.807, 2.05) is 6.08 Å². The second kappa shape index (κ2) is 5.06. The maximum atomic E-state index is 11.9. The van der Waals surface area contributed by atoms with Crippen LogP contribution in [-0.2, 0) is 4.79 Å². The highest BCUT2D eigenvalue weighted by atomic mass is 16.3. The first kappa shape index (κ1) is 15.6. The summed E-state index contributed by atoms with van der Waals surface area (Å²) in [6, 6.07) is 0. The third kappa shape index (κ3) is 2.21. The van der Waals surface area contributed by atoms with Crippen molar-refractivity contribution < 1.29 is 15.0 Å². The van der Waals surface area contributed by atoms with Crippen LogP contribution in [0.15, 0.2) is 11.6 Å². The van der Waals surface area contributed by atoms with Crippen LogP contribution in [0.1, 0.15) is 58.8 Å². The first-order valence-electron chi connectivity index (χ1n) is 9.23. The second-order valence-electron chi connectivity index (χ2n) is 8.82. The number of aliphatic hydroxyl groups is 2. The van der Waals surface area contributed by atoms with Gasteiger partial charge in [-0.05, 0) is 74.2 Å². The second-order valence-corrected chi connectivity index (χ2v) is 8.82. The molecule has 0 aromatic rings. The van der Waals surface area contributed by atoms with Gasteiger partial charge in [0, 0.05) is 12.0 Å². The summed E-state index contributed by atoms with van der Waals surface area (Å²) in [5.41, 5.74) is 1.01. The molecule has 23 heavy (non-hydrogen) atoms. The lowest BCUT2D eigenvalue weighted by atomic mass is 9.47. The van der Waals surface area contributed by atoms with Gasteiger partial charge in [0.05, 0.1) is 12.2 Å². The van der Waals surface area contributed by atoms with Crippen molar-refractivity contribution in [1.82, 2.24) is 5.32 Å². The molecule has 0 aromatic heterocycles. The van der Waals surface area contributed by atoms with Crippen molar-refractivity contribution in [2.24, 2.45) is 23.2 Å². The Morgan fingerprint density at radius 1 is 1.13 bits per heavy atom. The van der Waals surface area contributed by atoms with Crippen molar-refractivity contribution in [3.05, 3.63) is 11.6 Å². The molecule has 128 valence electrons. The van der Waals surface area contributed by atoms with Crippen molar-refractivity contribution in [2.75, 3.05) is 0 Å². The van der Waals surface area contributed by atoms with Gasteiger partial charge in [-0.1, -0.05) is 13.0 Å². The molecule has 1 aliphatic heterocycles. The van der Waals surface area contributed by atoms with Crippen LogP contribution in [0.4, 0.5) is 0 Å². The van der Waals surface area contributed by atoms with Gasteiger partial charge in [-0.25, -0.2) is 0 Å². The van der Waals surface area contributed by atoms with Gasteiger partial charge in [-0.15, -0.1) is 0 Å². The summed E-state index contributed by atoms with van der Waals surface area (Å²) in [6.45, 7) is 4.50. The van der Waals surface area contributed by atoms with Gasteiger partial charge in [0.15, 0.2) is 0 Å². The van der Waals surface area contributed by atoms with Crippen LogP contribution in [0.3, 0.4) is 0 Å². The number of fused-ring (bicyclic) bond motifs is 5. The Hall–Kier alpha value is -0.870. The SMILES string of the molecule is CC12CCC3C(CC(O)C4=CC(O)CCC43C)C1CCC(=O)N2. The molecule has 4 heteroatoms. The summed E-state index contributed by atoms with van der Waals surface area (Å²) in [5, 5.41) is 24.0. The fourth-order valence-corrected chi connectivity index (χ4v) is 6.43. The Balaban J connectivity index is 1.70. The molecular weight excluding hydrogens is 290 g/mol. The molecule has 4 rings (SSSR count). The molecule has 0 aromatic carbocycles. The average molecular weight is 319 g/mol. The number of hydrogen-bond acceptors (Lipinski definition) is 3. The number of nitrogens with one attached hydrogen (secondary N) is 1. The Morgan fingerprint density at radius 3 is 2.70 bits per heavy atom. The van der Waals surface area contributed by atoms with Gasteiger partial charge in [-0.3, -0.25) is 4.79 Å². The molecule has 1 saturated heterocycles. The van der Waals surface area contributed by atoms with E-state index < -0.39 is 12.2 Å². The van der Waals surface area contributed by atoms with E-state index in [0.717, 1.165) is 44.1 Å². The minimum atomic E-state index is -0.434. The average Bonchev–Trinajstić information content (AvgIpc) is 2.48. The first-order chi connectivity index (χ1) is 10.8. The molecule has 0 bridgehead atoms. The molecule has 3 aliphatic carbocycles. The number of aliphatic hydroxyl groups excluding tert-OH is 2. The van der Waals surface area contributed by atoms with Crippen molar-refractivity contribution in [2.45, 2.75) is 76.5 Å². The molecule has 4 aliphatic rings. The lowest BCUT2D eigenvalue weighted by Crippen LogP contribution is -2.63. The summed E-state index contributed by atoms with van der Waals surface area (Å²) in [7, 11) is 0. The van der Waals surface area contributed by atoms with E-state index in [1.165, 1.54) is 0 Å². The van der Waals surface area contributed by atoms with E-state index in [1.54, 1.807) is 0 Å². The molecule has 0 radical (unpaired) electrons. The van der Waals surface area contributed by atoms with Crippen molar-refractivity contribution in [1.29, 1.82) is 0 Å². The predicted molar refractivity (Wildman–Crippen MR) is 87.5 cm³/mol. The Morgan fingerprint density at radius 2 is 1.91 bits per heavy atom. The van der Waals surface area contributed by atoms with Crippen LogP contribution in [0.2, 0.25) is 0 Å². The van der Waals surface area contributed by atoms with Gasteiger partial charge in [0.2, 0.25) is 5.91 Å². The maximum absolute atomic E-state index is 11.9. The topological polar surface area (TPSA) is 69.6 Å². The highest BCUT2D eigenvalue weighted by Crippen LogP contribution is 2.61. The summed E-state index contributed by atoms with van der Waals surface area (Å²) < 4.78 is 0. The number of carbonyl (C=O) groups excluding carboxylic acids is 1. The van der Waals surface area contributed by atoms with Crippen LogP contribution in [0.25, 0.3) is 0 Å². The largest absolute Gasteiger partial charge is 0.389 e. The molecule has 3 fully saturated rings. The number of amides is 1. The van der Waals surface area contributed by atoms with Crippen molar-refractivity contribution in [3.63, 3.8) is 0 Å². The van der Waals surface area contributed by atoms with Gasteiger partial charge >= 0.3 is 0 Å². The monoisotopic (exact) mass is 319 g/mol. The van der Waals surface area contributed by atoms with E-state index in [2.05, 4.69) is 19.2 Å². The minimum Gasteiger partial charge on any atom is -0.389 e. The molecule has 4 nitrogen and oxygen atoms in total. The molecule has 2 saturated carbocycles. The number of carbonyl (C=O) groups is 1. The van der Waals surface area contributed by atoms with Crippen LogP contribution in [0.5, 0.6) is 0 Å². The first-order valence-corrected chi connectivity index (χ1v) is 9.23. The molecule has 3 N–H and O–H groups in total. The van der Waals surface area contributed by atoms with E-state index in [0.29, 0.717) is 24.2 Å². The molecular formula is C19H29NO3. The number of hydrogen-bond donors (Lipinski definition) is 3. The Bertz CT molecular complexity index is 559. The van der Waals surface area contributed by atoms with Crippen LogP contribution in [0, 0.1) is 23.2 Å². The van der Waals surface area contributed by atoms with Gasteiger partial charge < -0.3 is 15.5 Å². The fourth-order valence-electron chi connectivity index (χ4n) is 6.43. The zero-order valence-electron chi connectivity index (χ0n) is 14.2. The van der Waals surface area contributed by atoms with Gasteiger partial charge in [-0.2, -0.15) is 0 Å². The summed E-state index contributed by atoms with van der Waals surface area (Å²) in [4.78, 5) is 11.9. The number of rotatable bonds is 0. The van der Waals surface area contributed by atoms with Crippen LogP contribution >= 0.6 is 0 Å². The Labute approximate surface area is 138 Å². The highest BCUT2D eigenvalue weighted by Gasteiger charge is 2.58. The van der Waals surface area contributed by atoms with Gasteiger partial charge in [0.1, 0.15) is 0 Å². The van der Waals surface area contributed by atoms with Crippen LogP contribution < -0.4 is 5.32 Å². The van der Waals surface area contributed by atoms with Crippen molar-refractivity contribution >= 4 is 5.91 Å². The predicted octanol–water partition coefficient (Wildman–Crippen LogP) is 2.15. The Kier molecular flexibility index (Phi) is 3.44. The third-order valence-corrected chi connectivity index (χ3v) is 7.60. The summed E-state index contributed by atoms with van der Waals surface area (Å²) >= 11 is 0. The summed E-state index contributed by atoms with van der Waals surface area (Å²) in [6.07, 6.45) is 7.37. The lowest BCUT2D eigenvalue weighted by Gasteiger charge is -2.61. The molecule has 7 atom stereocenters. The maximum Gasteiger partial charge on any atom is 0.220 e. The van der Waals surface area contributed by atoms with E-state index in [-0.39, 0.29) is 16.9 Å². The standard InChI is InChI=1S/C19H29NO3/c1-18-7-5-11(21)9-15(18)16(22)10-12-13(18)6-8-19(2)14(12)3-4-17(23)20-19/h9,11-14,16,21-22H,3-8,10H2,1-2H3,(H,20,23). The van der Waals surface area contributed by atoms with Crippen molar-refractivity contribution in [3.8, 4) is 0 Å². The summed E-state index contributed by atoms with van der Waals surface area (Å²) in [5.74, 6) is 1.70. The lowest BCUT2D eigenvalue weighted by molar-refractivity contribution is -0.134. The van der Waals surface area contributed by atoms with E-state index in [9.17, 15) is 15.0 Å². The van der Waals surface area contributed by atoms with E-state index >= 15 is 0 Å². The molecule has 1 amide bonds. The third-order valence-electron chi connectivity index (χ3n) is 7.60. The molecule has 0 spiro atoms. The zero-order valence-corrected chi connectivity index (χ0v) is 14.2. The normalized spacial score (nSPS) is 52.6. The quantitative estimate of drug-likeness (QED) is 0.599. The zero-order chi connectivity index (χ0) is 16.4. The fraction of sp³-hybridized carbons (Fsp3) is 0.842. The van der Waals surface area contributed by atoms with Gasteiger partial charge in [0.25, 0.3) is 0 Å². The number of piperidine rings is 1.